The lowest BCUT2D eigenvalue weighted by atomic mass is 9.77. The smallest absolute Gasteiger partial charge is 0.132 e. The molecule has 0 spiro atoms. The van der Waals surface area contributed by atoms with Crippen LogP contribution in [0.3, 0.4) is 0 Å². The van der Waals surface area contributed by atoms with Gasteiger partial charge in [0.2, 0.25) is 0 Å². The molecular weight excluding hydrogens is 446 g/mol. The zero-order valence-electron chi connectivity index (χ0n) is 18.0. The Labute approximate surface area is 195 Å². The number of rotatable bonds is 5. The summed E-state index contributed by atoms with van der Waals surface area (Å²) in [5.41, 5.74) is 1.58. The van der Waals surface area contributed by atoms with Gasteiger partial charge in [0, 0.05) is 49.6 Å². The van der Waals surface area contributed by atoms with Crippen LogP contribution < -0.4 is 10.2 Å². The maximum Gasteiger partial charge on any atom is 0.132 e. The zero-order valence-corrected chi connectivity index (χ0v) is 19.5. The fourth-order valence-corrected chi connectivity index (χ4v) is 7.52. The largest absolute Gasteiger partial charge is 0.394 e. The van der Waals surface area contributed by atoms with Gasteiger partial charge in [-0.15, -0.1) is 0 Å². The van der Waals surface area contributed by atoms with E-state index in [0.717, 1.165) is 66.7 Å². The van der Waals surface area contributed by atoms with E-state index in [9.17, 15) is 9.32 Å². The first-order valence-corrected chi connectivity index (χ1v) is 13.3. The van der Waals surface area contributed by atoms with Crippen molar-refractivity contribution in [2.75, 3.05) is 35.7 Å². The molecule has 2 bridgehead atoms. The van der Waals surface area contributed by atoms with Gasteiger partial charge in [0.25, 0.3) is 0 Å². The van der Waals surface area contributed by atoms with Crippen LogP contribution in [0, 0.1) is 11.8 Å². The molecule has 4 heterocycles. The number of aliphatic hydroxyl groups excluding tert-OH is 1. The average molecular weight is 474 g/mol. The zero-order chi connectivity index (χ0) is 21.9. The van der Waals surface area contributed by atoms with Crippen LogP contribution in [-0.4, -0.2) is 55.3 Å². The number of pyridine rings is 1. The number of halogens is 1. The molecule has 2 aromatic heterocycles. The molecule has 6 rings (SSSR count). The lowest BCUT2D eigenvalue weighted by Gasteiger charge is -2.42. The highest BCUT2D eigenvalue weighted by atomic mass is 35.5. The minimum atomic E-state index is -1.02. The maximum atomic E-state index is 12.7. The quantitative estimate of drug-likeness (QED) is 0.689. The second-order valence-corrected chi connectivity index (χ2v) is 11.8. The van der Waals surface area contributed by atoms with Gasteiger partial charge in [0.05, 0.1) is 44.2 Å². The van der Waals surface area contributed by atoms with Crippen molar-refractivity contribution in [3.05, 3.63) is 35.0 Å². The third-order valence-electron chi connectivity index (χ3n) is 7.89. The molecule has 3 unspecified atom stereocenters. The molecule has 1 saturated heterocycles. The molecule has 32 heavy (non-hydrogen) atoms. The number of fused-ring (bicyclic) bond motifs is 3. The van der Waals surface area contributed by atoms with Gasteiger partial charge in [-0.25, -0.2) is 15.0 Å². The van der Waals surface area contributed by atoms with Crippen LogP contribution in [0.15, 0.2) is 23.4 Å². The fourth-order valence-electron chi connectivity index (χ4n) is 6.08. The summed E-state index contributed by atoms with van der Waals surface area (Å²) in [6.45, 7) is 1.95. The van der Waals surface area contributed by atoms with Gasteiger partial charge in [0.15, 0.2) is 0 Å². The summed E-state index contributed by atoms with van der Waals surface area (Å²) < 4.78 is 12.7. The molecule has 3 atom stereocenters. The van der Waals surface area contributed by atoms with Gasteiger partial charge in [-0.1, -0.05) is 11.6 Å². The number of aryl methyl sites for hydroxylation is 1. The normalized spacial score (nSPS) is 30.1. The Morgan fingerprint density at radius 2 is 1.94 bits per heavy atom. The number of nitrogens with one attached hydrogen (secondary N) is 1. The van der Waals surface area contributed by atoms with Gasteiger partial charge in [0.1, 0.15) is 11.6 Å². The number of anilines is 2. The molecule has 2 aliphatic carbocycles. The topological polar surface area (TPSA) is 91.2 Å². The predicted octanol–water partition coefficient (Wildman–Crippen LogP) is 3.15. The second-order valence-electron chi connectivity index (χ2n) is 9.81. The summed E-state index contributed by atoms with van der Waals surface area (Å²) >= 11 is 6.00. The molecule has 3 fully saturated rings. The van der Waals surface area contributed by atoms with Crippen molar-refractivity contribution < 1.29 is 9.32 Å². The standard InChI is InChI=1S/C23H28ClN5O2S/c24-16-9-25-22(26-10-16)20-14-2-3-15(20)12-29(11-14)19-8-18(28-23(13-30)5-1-6-23)21-17(27-19)4-7-32(21)31/h8-10,14-15,20,30H,1-7,11-13H2,(H,27,28). The molecule has 0 radical (unpaired) electrons. The van der Waals surface area contributed by atoms with Crippen LogP contribution in [-0.2, 0) is 17.2 Å². The predicted molar refractivity (Wildman–Crippen MR) is 125 cm³/mol. The van der Waals surface area contributed by atoms with E-state index in [1.165, 1.54) is 12.8 Å². The summed E-state index contributed by atoms with van der Waals surface area (Å²) in [7, 11) is -1.02. The van der Waals surface area contributed by atoms with Crippen molar-refractivity contribution in [1.29, 1.82) is 0 Å². The number of nitrogens with zero attached hydrogens (tertiary/aromatic N) is 4. The minimum Gasteiger partial charge on any atom is -0.394 e. The highest BCUT2D eigenvalue weighted by Gasteiger charge is 2.45. The summed E-state index contributed by atoms with van der Waals surface area (Å²) in [5, 5.41) is 14.1. The fraction of sp³-hybridized carbons (Fsp3) is 0.609. The van der Waals surface area contributed by atoms with Crippen molar-refractivity contribution >= 4 is 33.9 Å². The Balaban J connectivity index is 1.30. The van der Waals surface area contributed by atoms with E-state index in [-0.39, 0.29) is 12.1 Å². The number of hydrogen-bond acceptors (Lipinski definition) is 7. The van der Waals surface area contributed by atoms with Crippen molar-refractivity contribution in [3.63, 3.8) is 0 Å². The Morgan fingerprint density at radius 1 is 1.22 bits per heavy atom. The van der Waals surface area contributed by atoms with Crippen molar-refractivity contribution in [3.8, 4) is 0 Å². The summed E-state index contributed by atoms with van der Waals surface area (Å²) in [4.78, 5) is 17.3. The van der Waals surface area contributed by atoms with Gasteiger partial charge < -0.3 is 15.3 Å². The molecule has 0 amide bonds. The van der Waals surface area contributed by atoms with E-state index in [4.69, 9.17) is 16.6 Å². The van der Waals surface area contributed by atoms with Crippen LogP contribution in [0.4, 0.5) is 11.5 Å². The van der Waals surface area contributed by atoms with Crippen LogP contribution >= 0.6 is 11.6 Å². The third kappa shape index (κ3) is 3.42. The monoisotopic (exact) mass is 473 g/mol. The molecule has 2 aromatic rings. The molecular formula is C23H28ClN5O2S. The maximum absolute atomic E-state index is 12.7. The number of hydrogen-bond donors (Lipinski definition) is 2. The number of piperidine rings is 1. The van der Waals surface area contributed by atoms with Gasteiger partial charge in [-0.3, -0.25) is 4.21 Å². The van der Waals surface area contributed by atoms with E-state index >= 15 is 0 Å². The van der Waals surface area contributed by atoms with E-state index in [0.29, 0.717) is 28.5 Å². The molecule has 0 aromatic carbocycles. The Hall–Kier alpha value is -1.77. The first-order chi connectivity index (χ1) is 15.5. The van der Waals surface area contributed by atoms with E-state index in [1.54, 1.807) is 12.4 Å². The second kappa shape index (κ2) is 7.92. The molecule has 7 nitrogen and oxygen atoms in total. The summed E-state index contributed by atoms with van der Waals surface area (Å²) in [6.07, 6.45) is 9.49. The van der Waals surface area contributed by atoms with E-state index < -0.39 is 10.8 Å². The highest BCUT2D eigenvalue weighted by molar-refractivity contribution is 7.85. The van der Waals surface area contributed by atoms with Gasteiger partial charge in [-0.05, 0) is 43.9 Å². The van der Waals surface area contributed by atoms with E-state index in [1.807, 2.05) is 0 Å². The lowest BCUT2D eigenvalue weighted by molar-refractivity contribution is 0.144. The first-order valence-electron chi connectivity index (χ1n) is 11.6. The van der Waals surface area contributed by atoms with Gasteiger partial charge >= 0.3 is 0 Å². The Bertz CT molecular complexity index is 1040. The molecule has 4 aliphatic rings. The summed E-state index contributed by atoms with van der Waals surface area (Å²) in [5.74, 6) is 3.86. The third-order valence-corrected chi connectivity index (χ3v) is 9.57. The molecule has 2 saturated carbocycles. The van der Waals surface area contributed by atoms with Crippen molar-refractivity contribution in [1.82, 2.24) is 15.0 Å². The molecule has 170 valence electrons. The average Bonchev–Trinajstić information content (AvgIpc) is 3.27. The Kier molecular flexibility index (Phi) is 5.15. The number of aliphatic hydroxyl groups is 1. The Morgan fingerprint density at radius 3 is 2.56 bits per heavy atom. The van der Waals surface area contributed by atoms with Crippen molar-refractivity contribution in [2.45, 2.75) is 54.9 Å². The van der Waals surface area contributed by atoms with Crippen LogP contribution in [0.2, 0.25) is 5.02 Å². The van der Waals surface area contributed by atoms with Crippen LogP contribution in [0.5, 0.6) is 0 Å². The first kappa shape index (κ1) is 20.8. The molecule has 9 heteroatoms. The van der Waals surface area contributed by atoms with Crippen LogP contribution in [0.1, 0.15) is 49.5 Å². The highest BCUT2D eigenvalue weighted by Crippen LogP contribution is 2.48. The van der Waals surface area contributed by atoms with Gasteiger partial charge in [-0.2, -0.15) is 0 Å². The molecule has 2 N–H and O–H groups in total. The SMILES string of the molecule is O=S1CCc2nc(N3CC4CCC(C3)C4c3ncc(Cl)cn3)cc(NC3(CO)CCC3)c21. The molecule has 2 aliphatic heterocycles. The van der Waals surface area contributed by atoms with E-state index in [2.05, 4.69) is 26.3 Å². The summed E-state index contributed by atoms with van der Waals surface area (Å²) in [6, 6.07) is 2.08. The lowest BCUT2D eigenvalue weighted by Crippen LogP contribution is -2.48. The minimum absolute atomic E-state index is 0.0999. The van der Waals surface area contributed by atoms with Crippen molar-refractivity contribution in [2.24, 2.45) is 11.8 Å². The number of aromatic nitrogens is 3. The van der Waals surface area contributed by atoms with Crippen LogP contribution in [0.25, 0.3) is 0 Å².